The van der Waals surface area contributed by atoms with E-state index in [0.717, 1.165) is 5.56 Å². The summed E-state index contributed by atoms with van der Waals surface area (Å²) in [6.07, 6.45) is 0.130. The predicted molar refractivity (Wildman–Crippen MR) is 71.8 cm³/mol. The number of benzene rings is 2. The Balaban J connectivity index is 1.99. The Morgan fingerprint density at radius 1 is 1.11 bits per heavy atom. The third-order valence-corrected chi connectivity index (χ3v) is 3.30. The van der Waals surface area contributed by atoms with Crippen LogP contribution in [0.25, 0.3) is 0 Å². The smallest absolute Gasteiger partial charge is 0.174 e. The van der Waals surface area contributed by atoms with E-state index < -0.39 is 0 Å². The van der Waals surface area contributed by atoms with Gasteiger partial charge < -0.3 is 9.47 Å². The minimum atomic E-state index is -0.215. The van der Waals surface area contributed by atoms with Crippen molar-refractivity contribution in [2.75, 3.05) is 7.11 Å². The van der Waals surface area contributed by atoms with Crippen LogP contribution >= 0.6 is 0 Å². The molecule has 3 rings (SSSR count). The van der Waals surface area contributed by atoms with Crippen LogP contribution in [0.3, 0.4) is 0 Å². The third kappa shape index (κ3) is 2.08. The van der Waals surface area contributed by atoms with Crippen molar-refractivity contribution in [1.29, 1.82) is 0 Å². The second kappa shape index (κ2) is 4.76. The van der Waals surface area contributed by atoms with Gasteiger partial charge in [-0.3, -0.25) is 4.79 Å². The molecule has 0 saturated heterocycles. The number of ketones is 1. The van der Waals surface area contributed by atoms with Gasteiger partial charge in [0, 0.05) is 0 Å². The molecule has 1 atom stereocenters. The monoisotopic (exact) mass is 254 g/mol. The highest BCUT2D eigenvalue weighted by molar-refractivity contribution is 6.02. The zero-order valence-electron chi connectivity index (χ0n) is 10.6. The molecule has 2 aromatic carbocycles. The summed E-state index contributed by atoms with van der Waals surface area (Å²) >= 11 is 0. The van der Waals surface area contributed by atoms with Crippen molar-refractivity contribution in [3.63, 3.8) is 0 Å². The summed E-state index contributed by atoms with van der Waals surface area (Å²) in [7, 11) is 1.56. The number of methoxy groups -OCH3 is 1. The maximum Gasteiger partial charge on any atom is 0.174 e. The molecule has 0 spiro atoms. The van der Waals surface area contributed by atoms with Crippen molar-refractivity contribution in [3.05, 3.63) is 59.7 Å². The Kier molecular flexibility index (Phi) is 2.95. The first-order valence-corrected chi connectivity index (χ1v) is 6.21. The van der Waals surface area contributed by atoms with Crippen LogP contribution in [-0.4, -0.2) is 12.9 Å². The average Bonchev–Trinajstić information content (AvgIpc) is 2.47. The quantitative estimate of drug-likeness (QED) is 0.824. The molecule has 0 bridgehead atoms. The molecule has 0 aliphatic carbocycles. The van der Waals surface area contributed by atoms with Crippen LogP contribution < -0.4 is 9.47 Å². The Labute approximate surface area is 111 Å². The summed E-state index contributed by atoms with van der Waals surface area (Å²) in [4.78, 5) is 12.3. The number of hydrogen-bond donors (Lipinski definition) is 0. The van der Waals surface area contributed by atoms with Gasteiger partial charge in [0.1, 0.15) is 23.2 Å². The minimum absolute atomic E-state index is 0.0625. The van der Waals surface area contributed by atoms with E-state index in [1.807, 2.05) is 42.5 Å². The molecule has 0 radical (unpaired) electrons. The van der Waals surface area contributed by atoms with Gasteiger partial charge in [-0.1, -0.05) is 36.4 Å². The highest BCUT2D eigenvalue weighted by Gasteiger charge is 2.29. The number of rotatable bonds is 2. The Morgan fingerprint density at radius 2 is 1.89 bits per heavy atom. The molecule has 2 aromatic rings. The van der Waals surface area contributed by atoms with Crippen LogP contribution in [0.1, 0.15) is 28.4 Å². The van der Waals surface area contributed by atoms with Gasteiger partial charge in [0.25, 0.3) is 0 Å². The normalized spacial score (nSPS) is 17.5. The second-order valence-electron chi connectivity index (χ2n) is 4.48. The summed E-state index contributed by atoms with van der Waals surface area (Å²) in [5, 5.41) is 0. The molecule has 0 unspecified atom stereocenters. The summed E-state index contributed by atoms with van der Waals surface area (Å²) < 4.78 is 11.2. The number of carbonyl (C=O) groups excluding carboxylic acids is 1. The molecule has 0 fully saturated rings. The lowest BCUT2D eigenvalue weighted by molar-refractivity contribution is 0.0845. The molecule has 3 heteroatoms. The van der Waals surface area contributed by atoms with Gasteiger partial charge in [0.15, 0.2) is 5.78 Å². The molecule has 1 heterocycles. The minimum Gasteiger partial charge on any atom is -0.496 e. The molecule has 1 aliphatic heterocycles. The van der Waals surface area contributed by atoms with Crippen LogP contribution in [0, 0.1) is 0 Å². The fraction of sp³-hybridized carbons (Fsp3) is 0.188. The molecule has 96 valence electrons. The lowest BCUT2D eigenvalue weighted by Gasteiger charge is -2.26. The van der Waals surface area contributed by atoms with Crippen LogP contribution in [0.4, 0.5) is 0 Å². The first-order valence-electron chi connectivity index (χ1n) is 6.21. The van der Waals surface area contributed by atoms with E-state index in [9.17, 15) is 4.79 Å². The van der Waals surface area contributed by atoms with Gasteiger partial charge in [-0.2, -0.15) is 0 Å². The summed E-state index contributed by atoms with van der Waals surface area (Å²) in [5.74, 6) is 1.24. The van der Waals surface area contributed by atoms with Crippen molar-refractivity contribution in [2.45, 2.75) is 12.5 Å². The van der Waals surface area contributed by atoms with Crippen LogP contribution in [-0.2, 0) is 0 Å². The number of Topliss-reactive ketones (excluding diaryl/α,β-unsaturated/α-hetero) is 1. The lowest BCUT2D eigenvalue weighted by atomic mass is 9.96. The van der Waals surface area contributed by atoms with Gasteiger partial charge >= 0.3 is 0 Å². The van der Waals surface area contributed by atoms with Crippen molar-refractivity contribution in [1.82, 2.24) is 0 Å². The highest BCUT2D eigenvalue weighted by Crippen LogP contribution is 2.39. The number of carbonyl (C=O) groups is 1. The van der Waals surface area contributed by atoms with E-state index in [0.29, 0.717) is 23.5 Å². The maximum atomic E-state index is 12.3. The molecule has 3 nitrogen and oxygen atoms in total. The van der Waals surface area contributed by atoms with Crippen LogP contribution in [0.5, 0.6) is 11.5 Å². The second-order valence-corrected chi connectivity index (χ2v) is 4.48. The van der Waals surface area contributed by atoms with E-state index >= 15 is 0 Å². The topological polar surface area (TPSA) is 35.5 Å². The zero-order valence-corrected chi connectivity index (χ0v) is 10.6. The summed E-state index contributed by atoms with van der Waals surface area (Å²) in [5.41, 5.74) is 1.57. The Morgan fingerprint density at radius 3 is 2.63 bits per heavy atom. The Bertz CT molecular complexity index is 605. The molecular formula is C16H14O3. The molecule has 0 amide bonds. The fourth-order valence-corrected chi connectivity index (χ4v) is 2.37. The van der Waals surface area contributed by atoms with E-state index in [2.05, 4.69) is 0 Å². The first kappa shape index (κ1) is 11.8. The van der Waals surface area contributed by atoms with Crippen LogP contribution in [0.15, 0.2) is 48.5 Å². The van der Waals surface area contributed by atoms with Crippen molar-refractivity contribution >= 4 is 5.78 Å². The van der Waals surface area contributed by atoms with E-state index in [1.54, 1.807) is 13.2 Å². The van der Waals surface area contributed by atoms with Gasteiger partial charge in [0.05, 0.1) is 13.5 Å². The van der Waals surface area contributed by atoms with Gasteiger partial charge in [-0.15, -0.1) is 0 Å². The average molecular weight is 254 g/mol. The molecule has 0 aromatic heterocycles. The molecule has 1 aliphatic rings. The van der Waals surface area contributed by atoms with E-state index in [4.69, 9.17) is 9.47 Å². The summed E-state index contributed by atoms with van der Waals surface area (Å²) in [6, 6.07) is 15.2. The van der Waals surface area contributed by atoms with Gasteiger partial charge in [-0.05, 0) is 17.7 Å². The number of hydrogen-bond acceptors (Lipinski definition) is 3. The standard InChI is InChI=1S/C16H14O3/c1-18-13-8-5-9-14-16(13)12(17)10-15(19-14)11-6-3-2-4-7-11/h2-9,15H,10H2,1H3/t15-/m0/s1. The van der Waals surface area contributed by atoms with Crippen molar-refractivity contribution in [2.24, 2.45) is 0 Å². The lowest BCUT2D eigenvalue weighted by Crippen LogP contribution is -2.20. The largest absolute Gasteiger partial charge is 0.496 e. The number of ether oxygens (including phenoxy) is 2. The van der Waals surface area contributed by atoms with E-state index in [-0.39, 0.29) is 11.9 Å². The number of fused-ring (bicyclic) bond motifs is 1. The summed E-state index contributed by atoms with van der Waals surface area (Å²) in [6.45, 7) is 0. The SMILES string of the molecule is COc1cccc2c1C(=O)C[C@@H](c1ccccc1)O2. The predicted octanol–water partition coefficient (Wildman–Crippen LogP) is 3.40. The molecule has 0 saturated carbocycles. The van der Waals surface area contributed by atoms with Crippen molar-refractivity contribution < 1.29 is 14.3 Å². The maximum absolute atomic E-state index is 12.3. The molecule has 0 N–H and O–H groups in total. The molecule has 19 heavy (non-hydrogen) atoms. The zero-order chi connectivity index (χ0) is 13.2. The third-order valence-electron chi connectivity index (χ3n) is 3.30. The first-order chi connectivity index (χ1) is 9.29. The van der Waals surface area contributed by atoms with Gasteiger partial charge in [0.2, 0.25) is 0 Å². The van der Waals surface area contributed by atoms with Crippen LogP contribution in [0.2, 0.25) is 0 Å². The highest BCUT2D eigenvalue weighted by atomic mass is 16.5. The Hall–Kier alpha value is -2.29. The molecular weight excluding hydrogens is 240 g/mol. The van der Waals surface area contributed by atoms with E-state index in [1.165, 1.54) is 0 Å². The van der Waals surface area contributed by atoms with Gasteiger partial charge in [-0.25, -0.2) is 0 Å². The van der Waals surface area contributed by atoms with Crippen molar-refractivity contribution in [3.8, 4) is 11.5 Å². The fourth-order valence-electron chi connectivity index (χ4n) is 2.37.